The smallest absolute Gasteiger partial charge is 0.259 e. The minimum atomic E-state index is -0.404. The zero-order valence-corrected chi connectivity index (χ0v) is 14.3. The topological polar surface area (TPSA) is 56.8 Å². The second kappa shape index (κ2) is 7.44. The molecule has 23 heavy (non-hydrogen) atoms. The minimum Gasteiger partial charge on any atom is -0.496 e. The van der Waals surface area contributed by atoms with Crippen LogP contribution in [0, 0.1) is 0 Å². The Hall–Kier alpha value is -2.11. The molecular formula is C16H15Cl2NO4. The SMILES string of the molecule is COc1cc(Cl)c(NC(=O)c2cc(Cl)ccc2OC)cc1OC. The van der Waals surface area contributed by atoms with Gasteiger partial charge in [-0.05, 0) is 18.2 Å². The van der Waals surface area contributed by atoms with Gasteiger partial charge < -0.3 is 19.5 Å². The lowest BCUT2D eigenvalue weighted by molar-refractivity contribution is 0.102. The van der Waals surface area contributed by atoms with Gasteiger partial charge >= 0.3 is 0 Å². The first-order valence-corrected chi connectivity index (χ1v) is 7.32. The first-order chi connectivity index (χ1) is 11.0. The Morgan fingerprint density at radius 3 is 2.13 bits per heavy atom. The lowest BCUT2D eigenvalue weighted by Crippen LogP contribution is -2.13. The number of halogens is 2. The van der Waals surface area contributed by atoms with Crippen molar-refractivity contribution in [3.63, 3.8) is 0 Å². The molecule has 2 aromatic rings. The molecule has 0 aliphatic rings. The van der Waals surface area contributed by atoms with Gasteiger partial charge in [0.1, 0.15) is 5.75 Å². The first-order valence-electron chi connectivity index (χ1n) is 6.56. The van der Waals surface area contributed by atoms with Gasteiger partial charge in [-0.2, -0.15) is 0 Å². The van der Waals surface area contributed by atoms with Crippen molar-refractivity contribution in [2.75, 3.05) is 26.6 Å². The second-order valence-corrected chi connectivity index (χ2v) is 5.33. The minimum absolute atomic E-state index is 0.297. The van der Waals surface area contributed by atoms with Gasteiger partial charge in [0.2, 0.25) is 0 Å². The zero-order chi connectivity index (χ0) is 17.0. The molecule has 0 radical (unpaired) electrons. The van der Waals surface area contributed by atoms with Crippen LogP contribution in [-0.4, -0.2) is 27.2 Å². The molecule has 0 saturated carbocycles. The van der Waals surface area contributed by atoms with E-state index in [2.05, 4.69) is 5.32 Å². The predicted molar refractivity (Wildman–Crippen MR) is 90.5 cm³/mol. The Labute approximate surface area is 144 Å². The number of ether oxygens (including phenoxy) is 3. The van der Waals surface area contributed by atoms with Crippen molar-refractivity contribution in [1.82, 2.24) is 0 Å². The summed E-state index contributed by atoms with van der Waals surface area (Å²) < 4.78 is 15.5. The van der Waals surface area contributed by atoms with Crippen molar-refractivity contribution in [1.29, 1.82) is 0 Å². The molecule has 7 heteroatoms. The molecule has 2 rings (SSSR count). The number of benzene rings is 2. The van der Waals surface area contributed by atoms with Gasteiger partial charge in [-0.15, -0.1) is 0 Å². The third-order valence-electron chi connectivity index (χ3n) is 3.13. The van der Waals surface area contributed by atoms with Crippen molar-refractivity contribution >= 4 is 34.8 Å². The average Bonchev–Trinajstić information content (AvgIpc) is 2.56. The number of rotatable bonds is 5. The molecule has 1 amide bonds. The molecule has 0 saturated heterocycles. The molecule has 0 aliphatic heterocycles. The Morgan fingerprint density at radius 1 is 0.913 bits per heavy atom. The van der Waals surface area contributed by atoms with Crippen LogP contribution in [0.2, 0.25) is 10.0 Å². The molecule has 2 aromatic carbocycles. The normalized spacial score (nSPS) is 10.1. The van der Waals surface area contributed by atoms with Crippen LogP contribution in [0.1, 0.15) is 10.4 Å². The molecule has 1 N–H and O–H groups in total. The van der Waals surface area contributed by atoms with E-state index < -0.39 is 5.91 Å². The van der Waals surface area contributed by atoms with Crippen molar-refractivity contribution in [2.45, 2.75) is 0 Å². The second-order valence-electron chi connectivity index (χ2n) is 4.49. The summed E-state index contributed by atoms with van der Waals surface area (Å²) >= 11 is 12.1. The van der Waals surface area contributed by atoms with E-state index in [1.165, 1.54) is 27.4 Å². The maximum absolute atomic E-state index is 12.5. The standard InChI is InChI=1S/C16H15Cl2NO4/c1-21-13-5-4-9(17)6-10(13)16(20)19-12-8-15(23-3)14(22-2)7-11(12)18/h4-8H,1-3H3,(H,19,20). The molecule has 0 atom stereocenters. The Kier molecular flexibility index (Phi) is 5.58. The number of amides is 1. The van der Waals surface area contributed by atoms with Crippen molar-refractivity contribution in [2.24, 2.45) is 0 Å². The fraction of sp³-hybridized carbons (Fsp3) is 0.188. The summed E-state index contributed by atoms with van der Waals surface area (Å²) in [6, 6.07) is 7.92. The van der Waals surface area contributed by atoms with Crippen LogP contribution in [0.5, 0.6) is 17.2 Å². The Morgan fingerprint density at radius 2 is 1.52 bits per heavy atom. The summed E-state index contributed by atoms with van der Waals surface area (Å²) in [5, 5.41) is 3.45. The number of hydrogen-bond donors (Lipinski definition) is 1. The van der Waals surface area contributed by atoms with E-state index in [9.17, 15) is 4.79 Å². The summed E-state index contributed by atoms with van der Waals surface area (Å²) in [6.07, 6.45) is 0. The van der Waals surface area contributed by atoms with Gasteiger partial charge in [-0.25, -0.2) is 0 Å². The fourth-order valence-corrected chi connectivity index (χ4v) is 2.37. The van der Waals surface area contributed by atoms with Crippen LogP contribution >= 0.6 is 23.2 Å². The number of carbonyl (C=O) groups is 1. The highest BCUT2D eigenvalue weighted by molar-refractivity contribution is 6.34. The summed E-state index contributed by atoms with van der Waals surface area (Å²) in [5.41, 5.74) is 0.683. The molecule has 122 valence electrons. The van der Waals surface area contributed by atoms with Gasteiger partial charge in [0.15, 0.2) is 11.5 Å². The van der Waals surface area contributed by atoms with E-state index in [-0.39, 0.29) is 0 Å². The summed E-state index contributed by atoms with van der Waals surface area (Å²) in [6.45, 7) is 0. The molecule has 0 unspecified atom stereocenters. The summed E-state index contributed by atoms with van der Waals surface area (Å²) in [5.74, 6) is 0.920. The highest BCUT2D eigenvalue weighted by Gasteiger charge is 2.16. The Balaban J connectivity index is 2.36. The van der Waals surface area contributed by atoms with Crippen LogP contribution in [-0.2, 0) is 0 Å². The van der Waals surface area contributed by atoms with Crippen LogP contribution in [0.4, 0.5) is 5.69 Å². The number of nitrogens with one attached hydrogen (secondary N) is 1. The Bertz CT molecular complexity index is 734. The lowest BCUT2D eigenvalue weighted by Gasteiger charge is -2.14. The van der Waals surface area contributed by atoms with Crippen molar-refractivity contribution in [3.8, 4) is 17.2 Å². The molecule has 0 bridgehead atoms. The number of methoxy groups -OCH3 is 3. The van der Waals surface area contributed by atoms with Gasteiger partial charge in [0.25, 0.3) is 5.91 Å². The quantitative estimate of drug-likeness (QED) is 0.869. The number of carbonyl (C=O) groups excluding carboxylic acids is 1. The largest absolute Gasteiger partial charge is 0.496 e. The van der Waals surface area contributed by atoms with Crippen molar-refractivity contribution < 1.29 is 19.0 Å². The van der Waals surface area contributed by atoms with Crippen LogP contribution < -0.4 is 19.5 Å². The number of anilines is 1. The van der Waals surface area contributed by atoms with E-state index >= 15 is 0 Å². The monoisotopic (exact) mass is 355 g/mol. The van der Waals surface area contributed by atoms with Crippen LogP contribution in [0.25, 0.3) is 0 Å². The van der Waals surface area contributed by atoms with Crippen LogP contribution in [0.15, 0.2) is 30.3 Å². The van der Waals surface area contributed by atoms with Gasteiger partial charge in [0, 0.05) is 17.2 Å². The summed E-state index contributed by atoms with van der Waals surface area (Å²) in [4.78, 5) is 12.5. The maximum Gasteiger partial charge on any atom is 0.259 e. The highest BCUT2D eigenvalue weighted by Crippen LogP contribution is 2.36. The van der Waals surface area contributed by atoms with Crippen molar-refractivity contribution in [3.05, 3.63) is 45.9 Å². The zero-order valence-electron chi connectivity index (χ0n) is 12.8. The fourth-order valence-electron chi connectivity index (χ4n) is 2.00. The van der Waals surface area contributed by atoms with Crippen LogP contribution in [0.3, 0.4) is 0 Å². The molecule has 0 heterocycles. The molecule has 5 nitrogen and oxygen atoms in total. The lowest BCUT2D eigenvalue weighted by atomic mass is 10.1. The van der Waals surface area contributed by atoms with E-state index in [0.717, 1.165) is 0 Å². The van der Waals surface area contributed by atoms with E-state index in [1.54, 1.807) is 24.3 Å². The molecular weight excluding hydrogens is 341 g/mol. The molecule has 0 aromatic heterocycles. The van der Waals surface area contributed by atoms with E-state index in [0.29, 0.717) is 38.5 Å². The van der Waals surface area contributed by atoms with E-state index in [1.807, 2.05) is 0 Å². The molecule has 0 aliphatic carbocycles. The maximum atomic E-state index is 12.5. The first kappa shape index (κ1) is 17.2. The predicted octanol–water partition coefficient (Wildman–Crippen LogP) is 4.27. The third kappa shape index (κ3) is 3.81. The van der Waals surface area contributed by atoms with E-state index in [4.69, 9.17) is 37.4 Å². The van der Waals surface area contributed by atoms with Gasteiger partial charge in [0.05, 0.1) is 37.6 Å². The van der Waals surface area contributed by atoms with Gasteiger partial charge in [-0.1, -0.05) is 23.2 Å². The average molecular weight is 356 g/mol. The molecule has 0 spiro atoms. The molecule has 0 fully saturated rings. The number of hydrogen-bond acceptors (Lipinski definition) is 4. The summed E-state index contributed by atoms with van der Waals surface area (Å²) in [7, 11) is 4.48. The van der Waals surface area contributed by atoms with Gasteiger partial charge in [-0.3, -0.25) is 4.79 Å². The highest BCUT2D eigenvalue weighted by atomic mass is 35.5. The third-order valence-corrected chi connectivity index (χ3v) is 3.68.